The van der Waals surface area contributed by atoms with Gasteiger partial charge in [-0.2, -0.15) is 0 Å². The van der Waals surface area contributed by atoms with Gasteiger partial charge in [-0.3, -0.25) is 9.59 Å². The topological polar surface area (TPSA) is 49.9 Å². The number of rotatable bonds is 4. The number of hydrogen-bond acceptors (Lipinski definition) is 4. The quantitative estimate of drug-likeness (QED) is 0.566. The molecule has 168 valence electrons. The maximum atomic E-state index is 14.0. The predicted molar refractivity (Wildman–Crippen MR) is 122 cm³/mol. The summed E-state index contributed by atoms with van der Waals surface area (Å²) in [5.41, 5.74) is 2.43. The van der Waals surface area contributed by atoms with E-state index in [1.807, 2.05) is 6.07 Å². The molecule has 0 aliphatic carbocycles. The molecule has 0 unspecified atom stereocenters. The van der Waals surface area contributed by atoms with Gasteiger partial charge in [0.2, 0.25) is 0 Å². The molecule has 2 aliphatic heterocycles. The van der Waals surface area contributed by atoms with Crippen LogP contribution < -0.4 is 9.64 Å². The van der Waals surface area contributed by atoms with Gasteiger partial charge in [-0.15, -0.1) is 11.8 Å². The summed E-state index contributed by atoms with van der Waals surface area (Å²) in [5.74, 6) is -0.227. The Morgan fingerprint density at radius 1 is 1.03 bits per heavy atom. The van der Waals surface area contributed by atoms with Crippen LogP contribution in [0.3, 0.4) is 0 Å². The molecule has 3 aromatic carbocycles. The minimum Gasteiger partial charge on any atom is -0.497 e. The number of anilines is 1. The van der Waals surface area contributed by atoms with Crippen molar-refractivity contribution in [2.24, 2.45) is 0 Å². The van der Waals surface area contributed by atoms with Gasteiger partial charge in [0.1, 0.15) is 17.4 Å². The van der Waals surface area contributed by atoms with Crippen LogP contribution in [-0.2, 0) is 16.2 Å². The standard InChI is InChI=1S/C25H20F2N2O3S/c1-32-20-10-11-22-21(14-20)25(24(31)28(22)15-16-2-6-18(26)7-3-16)29(12-13-33-25)23(30)17-4-8-19(27)9-5-17/h2-11,14H,12-13,15H2,1H3/t25-/m0/s1. The van der Waals surface area contributed by atoms with Crippen LogP contribution in [0, 0.1) is 11.6 Å². The highest BCUT2D eigenvalue weighted by molar-refractivity contribution is 8.01. The van der Waals surface area contributed by atoms with E-state index in [0.29, 0.717) is 34.9 Å². The second-order valence-electron chi connectivity index (χ2n) is 7.86. The molecule has 0 radical (unpaired) electrons. The van der Waals surface area contributed by atoms with Crippen LogP contribution in [0.15, 0.2) is 66.7 Å². The molecule has 2 heterocycles. The lowest BCUT2D eigenvalue weighted by atomic mass is 10.0. The number of halogens is 2. The lowest BCUT2D eigenvalue weighted by Gasteiger charge is -2.33. The molecule has 3 aromatic rings. The van der Waals surface area contributed by atoms with Crippen molar-refractivity contribution < 1.29 is 23.1 Å². The first-order valence-corrected chi connectivity index (χ1v) is 11.4. The average Bonchev–Trinajstić information content (AvgIpc) is 3.37. The SMILES string of the molecule is COc1ccc2c(c1)[C@]1(SCCN1C(=O)c1ccc(F)cc1)C(=O)N2Cc1ccc(F)cc1. The number of carbonyl (C=O) groups is 2. The fourth-order valence-electron chi connectivity index (χ4n) is 4.40. The smallest absolute Gasteiger partial charge is 0.268 e. The largest absolute Gasteiger partial charge is 0.497 e. The van der Waals surface area contributed by atoms with E-state index in [1.165, 1.54) is 48.2 Å². The normalized spacial score (nSPS) is 19.3. The fraction of sp³-hybridized carbons (Fsp3) is 0.200. The molecule has 0 aromatic heterocycles. The van der Waals surface area contributed by atoms with Crippen molar-refractivity contribution in [2.75, 3.05) is 24.3 Å². The Hall–Kier alpha value is -3.39. The van der Waals surface area contributed by atoms with Gasteiger partial charge < -0.3 is 14.5 Å². The van der Waals surface area contributed by atoms with Crippen LogP contribution in [0.5, 0.6) is 5.75 Å². The lowest BCUT2D eigenvalue weighted by molar-refractivity contribution is -0.123. The maximum absolute atomic E-state index is 14.0. The van der Waals surface area contributed by atoms with Crippen molar-refractivity contribution in [3.63, 3.8) is 0 Å². The van der Waals surface area contributed by atoms with Crippen molar-refractivity contribution in [3.05, 3.63) is 95.1 Å². The molecule has 0 bridgehead atoms. The molecule has 5 nitrogen and oxygen atoms in total. The Bertz CT molecular complexity index is 1230. The summed E-state index contributed by atoms with van der Waals surface area (Å²) >= 11 is 1.40. The molecule has 1 spiro atoms. The van der Waals surface area contributed by atoms with Crippen LogP contribution in [-0.4, -0.2) is 36.1 Å². The highest BCUT2D eigenvalue weighted by Crippen LogP contribution is 2.55. The third kappa shape index (κ3) is 3.45. The molecular weight excluding hydrogens is 446 g/mol. The van der Waals surface area contributed by atoms with E-state index in [2.05, 4.69) is 0 Å². The Kier molecular flexibility index (Phi) is 5.32. The summed E-state index contributed by atoms with van der Waals surface area (Å²) in [4.78, 5) is 29.4. The second kappa shape index (κ2) is 8.19. The summed E-state index contributed by atoms with van der Waals surface area (Å²) in [6.45, 7) is 0.604. The summed E-state index contributed by atoms with van der Waals surface area (Å²) in [7, 11) is 1.55. The summed E-state index contributed by atoms with van der Waals surface area (Å²) in [5, 5.41) is 0. The maximum Gasteiger partial charge on any atom is 0.268 e. The molecule has 2 amide bonds. The van der Waals surface area contributed by atoms with Gasteiger partial charge in [0.25, 0.3) is 11.8 Å². The number of amides is 2. The van der Waals surface area contributed by atoms with E-state index in [1.54, 1.807) is 41.2 Å². The van der Waals surface area contributed by atoms with E-state index in [9.17, 15) is 18.4 Å². The first-order chi connectivity index (χ1) is 15.9. The lowest BCUT2D eigenvalue weighted by Crippen LogP contribution is -2.50. The first-order valence-electron chi connectivity index (χ1n) is 10.4. The van der Waals surface area contributed by atoms with Gasteiger partial charge in [0, 0.05) is 23.4 Å². The van der Waals surface area contributed by atoms with Crippen molar-refractivity contribution in [1.82, 2.24) is 4.90 Å². The Labute approximate surface area is 193 Å². The van der Waals surface area contributed by atoms with Crippen molar-refractivity contribution >= 4 is 29.3 Å². The summed E-state index contributed by atoms with van der Waals surface area (Å²) in [6, 6.07) is 16.7. The second-order valence-corrected chi connectivity index (χ2v) is 9.14. The molecular formula is C25H20F2N2O3S. The van der Waals surface area contributed by atoms with Crippen molar-refractivity contribution in [3.8, 4) is 5.75 Å². The number of carbonyl (C=O) groups excluding carboxylic acids is 2. The molecule has 33 heavy (non-hydrogen) atoms. The number of fused-ring (bicyclic) bond motifs is 2. The number of methoxy groups -OCH3 is 1. The third-order valence-electron chi connectivity index (χ3n) is 5.99. The zero-order chi connectivity index (χ0) is 23.2. The fourth-order valence-corrected chi connectivity index (χ4v) is 5.85. The molecule has 8 heteroatoms. The number of thioether (sulfide) groups is 1. The highest BCUT2D eigenvalue weighted by atomic mass is 32.2. The van der Waals surface area contributed by atoms with Crippen LogP contribution >= 0.6 is 11.8 Å². The molecule has 0 saturated carbocycles. The first kappa shape index (κ1) is 21.5. The molecule has 1 atom stereocenters. The van der Waals surface area contributed by atoms with Gasteiger partial charge in [0.15, 0.2) is 4.87 Å². The molecule has 1 fully saturated rings. The summed E-state index contributed by atoms with van der Waals surface area (Å²) in [6.07, 6.45) is 0. The van der Waals surface area contributed by atoms with Crippen molar-refractivity contribution in [2.45, 2.75) is 11.4 Å². The summed E-state index contributed by atoms with van der Waals surface area (Å²) < 4.78 is 32.2. The monoisotopic (exact) mass is 466 g/mol. The zero-order valence-electron chi connectivity index (χ0n) is 17.8. The van der Waals surface area contributed by atoms with E-state index in [0.717, 1.165) is 5.56 Å². The van der Waals surface area contributed by atoms with Crippen LogP contribution in [0.25, 0.3) is 0 Å². The van der Waals surface area contributed by atoms with Crippen LogP contribution in [0.4, 0.5) is 14.5 Å². The van der Waals surface area contributed by atoms with E-state index in [-0.39, 0.29) is 24.2 Å². The zero-order valence-corrected chi connectivity index (χ0v) is 18.6. The predicted octanol–water partition coefficient (Wildman–Crippen LogP) is 4.56. The number of ether oxygens (including phenoxy) is 1. The van der Waals surface area contributed by atoms with Gasteiger partial charge in [-0.05, 0) is 60.2 Å². The van der Waals surface area contributed by atoms with E-state index >= 15 is 0 Å². The van der Waals surface area contributed by atoms with Crippen molar-refractivity contribution in [1.29, 1.82) is 0 Å². The Balaban J connectivity index is 1.60. The van der Waals surface area contributed by atoms with Gasteiger partial charge in [-0.25, -0.2) is 8.78 Å². The van der Waals surface area contributed by atoms with E-state index < -0.39 is 10.7 Å². The highest BCUT2D eigenvalue weighted by Gasteiger charge is 2.59. The number of benzene rings is 3. The third-order valence-corrected chi connectivity index (χ3v) is 7.41. The Morgan fingerprint density at radius 2 is 1.70 bits per heavy atom. The Morgan fingerprint density at radius 3 is 2.36 bits per heavy atom. The number of nitrogens with zero attached hydrogens (tertiary/aromatic N) is 2. The number of hydrogen-bond donors (Lipinski definition) is 0. The van der Waals surface area contributed by atoms with Crippen LogP contribution in [0.1, 0.15) is 21.5 Å². The van der Waals surface area contributed by atoms with Gasteiger partial charge >= 0.3 is 0 Å². The minimum atomic E-state index is -1.25. The average molecular weight is 467 g/mol. The molecule has 5 rings (SSSR count). The van der Waals surface area contributed by atoms with Gasteiger partial charge in [0.05, 0.1) is 19.3 Å². The minimum absolute atomic E-state index is 0.235. The van der Waals surface area contributed by atoms with Crippen LogP contribution in [0.2, 0.25) is 0 Å². The van der Waals surface area contributed by atoms with E-state index in [4.69, 9.17) is 4.74 Å². The molecule has 2 aliphatic rings. The van der Waals surface area contributed by atoms with Gasteiger partial charge in [-0.1, -0.05) is 12.1 Å². The molecule has 0 N–H and O–H groups in total. The molecule has 1 saturated heterocycles.